The van der Waals surface area contributed by atoms with E-state index >= 15 is 0 Å². The predicted octanol–water partition coefficient (Wildman–Crippen LogP) is 4.11. The molecule has 4 rings (SSSR count). The van der Waals surface area contributed by atoms with Gasteiger partial charge in [0.2, 0.25) is 0 Å². The molecular formula is C24H23N3O5. The van der Waals surface area contributed by atoms with Gasteiger partial charge in [-0.1, -0.05) is 30.3 Å². The Hall–Kier alpha value is -4.07. The smallest absolute Gasteiger partial charge is 0.292 e. The van der Waals surface area contributed by atoms with Crippen molar-refractivity contribution in [2.45, 2.75) is 0 Å². The molecule has 0 bridgehead atoms. The van der Waals surface area contributed by atoms with Gasteiger partial charge in [0.05, 0.1) is 4.92 Å². The third-order valence-electron chi connectivity index (χ3n) is 5.22. The Morgan fingerprint density at radius 1 is 0.812 bits per heavy atom. The number of hydrogen-bond acceptors (Lipinski definition) is 6. The monoisotopic (exact) mass is 433 g/mol. The second-order valence-electron chi connectivity index (χ2n) is 7.29. The zero-order chi connectivity index (χ0) is 22.3. The van der Waals surface area contributed by atoms with Crippen LogP contribution in [0.15, 0.2) is 78.9 Å². The third-order valence-corrected chi connectivity index (χ3v) is 5.22. The molecular weight excluding hydrogens is 410 g/mol. The van der Waals surface area contributed by atoms with Crippen molar-refractivity contribution in [1.82, 2.24) is 4.90 Å². The van der Waals surface area contributed by atoms with Gasteiger partial charge in [-0.2, -0.15) is 0 Å². The first-order valence-electron chi connectivity index (χ1n) is 10.3. The molecule has 1 amide bonds. The molecule has 1 fully saturated rings. The Balaban J connectivity index is 1.26. The summed E-state index contributed by atoms with van der Waals surface area (Å²) in [5.74, 6) is 1.89. The molecule has 0 atom stereocenters. The van der Waals surface area contributed by atoms with Gasteiger partial charge in [-0.15, -0.1) is 0 Å². The van der Waals surface area contributed by atoms with E-state index in [-0.39, 0.29) is 23.1 Å². The maximum Gasteiger partial charge on any atom is 0.292 e. The average molecular weight is 433 g/mol. The van der Waals surface area contributed by atoms with Crippen molar-refractivity contribution < 1.29 is 19.2 Å². The second kappa shape index (κ2) is 9.82. The van der Waals surface area contributed by atoms with E-state index in [9.17, 15) is 14.9 Å². The summed E-state index contributed by atoms with van der Waals surface area (Å²) in [4.78, 5) is 27.1. The van der Waals surface area contributed by atoms with Gasteiger partial charge in [-0.25, -0.2) is 0 Å². The molecule has 8 nitrogen and oxygen atoms in total. The number of benzene rings is 3. The standard InChI is InChI=1S/C24H23N3O5/c28-24(18-31-19-10-12-21(13-11-19)32-20-6-2-1-3-7-20)26-16-14-25(15-17-26)22-8-4-5-9-23(22)27(29)30/h1-13H,14-18H2. The summed E-state index contributed by atoms with van der Waals surface area (Å²) in [6, 6.07) is 23.2. The first-order chi connectivity index (χ1) is 15.6. The normalized spacial score (nSPS) is 13.5. The molecule has 1 saturated heterocycles. The van der Waals surface area contributed by atoms with Crippen molar-refractivity contribution in [2.24, 2.45) is 0 Å². The quantitative estimate of drug-likeness (QED) is 0.412. The van der Waals surface area contributed by atoms with E-state index in [1.807, 2.05) is 35.2 Å². The van der Waals surface area contributed by atoms with Gasteiger partial charge < -0.3 is 19.3 Å². The lowest BCUT2D eigenvalue weighted by Gasteiger charge is -2.35. The van der Waals surface area contributed by atoms with Crippen LogP contribution in [0, 0.1) is 10.1 Å². The van der Waals surface area contributed by atoms with Gasteiger partial charge in [0, 0.05) is 32.2 Å². The minimum Gasteiger partial charge on any atom is -0.484 e. The number of nitro groups is 1. The topological polar surface area (TPSA) is 85.2 Å². The maximum atomic E-state index is 12.5. The van der Waals surface area contributed by atoms with Gasteiger partial charge in [-0.3, -0.25) is 14.9 Å². The van der Waals surface area contributed by atoms with Crippen LogP contribution >= 0.6 is 0 Å². The van der Waals surface area contributed by atoms with Gasteiger partial charge in [0.25, 0.3) is 11.6 Å². The fraction of sp³-hybridized carbons (Fsp3) is 0.208. The average Bonchev–Trinajstić information content (AvgIpc) is 2.84. The van der Waals surface area contributed by atoms with Gasteiger partial charge in [0.15, 0.2) is 6.61 Å². The SMILES string of the molecule is O=C(COc1ccc(Oc2ccccc2)cc1)N1CCN(c2ccccc2[N+](=O)[O-])CC1. The molecule has 0 radical (unpaired) electrons. The largest absolute Gasteiger partial charge is 0.484 e. The van der Waals surface area contributed by atoms with Crippen molar-refractivity contribution in [3.8, 4) is 17.2 Å². The summed E-state index contributed by atoms with van der Waals surface area (Å²) < 4.78 is 11.4. The Morgan fingerprint density at radius 2 is 1.41 bits per heavy atom. The van der Waals surface area contributed by atoms with Crippen molar-refractivity contribution in [1.29, 1.82) is 0 Å². The molecule has 0 spiro atoms. The Labute approximate surface area is 185 Å². The van der Waals surface area contributed by atoms with E-state index in [0.29, 0.717) is 43.4 Å². The van der Waals surface area contributed by atoms with Crippen LogP contribution in [0.5, 0.6) is 17.2 Å². The van der Waals surface area contributed by atoms with Gasteiger partial charge in [-0.05, 0) is 42.5 Å². The van der Waals surface area contributed by atoms with E-state index in [4.69, 9.17) is 9.47 Å². The van der Waals surface area contributed by atoms with Crippen LogP contribution in [0.1, 0.15) is 0 Å². The predicted molar refractivity (Wildman–Crippen MR) is 120 cm³/mol. The number of piperazine rings is 1. The molecule has 0 saturated carbocycles. The van der Waals surface area contributed by atoms with E-state index in [2.05, 4.69) is 0 Å². The highest BCUT2D eigenvalue weighted by Gasteiger charge is 2.25. The van der Waals surface area contributed by atoms with Crippen LogP contribution in [-0.4, -0.2) is 48.5 Å². The number of carbonyl (C=O) groups excluding carboxylic acids is 1. The van der Waals surface area contributed by atoms with Crippen molar-refractivity contribution in [2.75, 3.05) is 37.7 Å². The summed E-state index contributed by atoms with van der Waals surface area (Å²) in [5, 5.41) is 11.3. The molecule has 1 heterocycles. The highest BCUT2D eigenvalue weighted by Crippen LogP contribution is 2.28. The highest BCUT2D eigenvalue weighted by molar-refractivity contribution is 5.78. The lowest BCUT2D eigenvalue weighted by atomic mass is 10.2. The van der Waals surface area contributed by atoms with E-state index in [1.165, 1.54) is 6.07 Å². The second-order valence-corrected chi connectivity index (χ2v) is 7.29. The minimum absolute atomic E-state index is 0.0651. The number of nitro benzene ring substituents is 1. The number of hydrogen-bond donors (Lipinski definition) is 0. The zero-order valence-electron chi connectivity index (χ0n) is 17.4. The summed E-state index contributed by atoms with van der Waals surface area (Å²) in [5.41, 5.74) is 0.661. The lowest BCUT2D eigenvalue weighted by molar-refractivity contribution is -0.384. The first kappa shape index (κ1) is 21.2. The number of nitrogens with zero attached hydrogens (tertiary/aromatic N) is 3. The minimum atomic E-state index is -0.378. The number of ether oxygens (including phenoxy) is 2. The van der Waals surface area contributed by atoms with Crippen LogP contribution in [0.4, 0.5) is 11.4 Å². The maximum absolute atomic E-state index is 12.5. The van der Waals surface area contributed by atoms with Crippen molar-refractivity contribution >= 4 is 17.3 Å². The fourth-order valence-corrected chi connectivity index (χ4v) is 3.55. The lowest BCUT2D eigenvalue weighted by Crippen LogP contribution is -2.50. The van der Waals surface area contributed by atoms with Crippen molar-refractivity contribution in [3.63, 3.8) is 0 Å². The molecule has 3 aromatic carbocycles. The van der Waals surface area contributed by atoms with E-state index in [0.717, 1.165) is 5.75 Å². The molecule has 32 heavy (non-hydrogen) atoms. The highest BCUT2D eigenvalue weighted by atomic mass is 16.6. The molecule has 1 aliphatic heterocycles. The Kier molecular flexibility index (Phi) is 6.50. The fourth-order valence-electron chi connectivity index (χ4n) is 3.55. The van der Waals surface area contributed by atoms with E-state index < -0.39 is 0 Å². The summed E-state index contributed by atoms with van der Waals surface area (Å²) in [6.45, 7) is 1.96. The first-order valence-corrected chi connectivity index (χ1v) is 10.3. The molecule has 1 aliphatic rings. The van der Waals surface area contributed by atoms with E-state index in [1.54, 1.807) is 47.4 Å². The molecule has 0 aliphatic carbocycles. The van der Waals surface area contributed by atoms with Crippen molar-refractivity contribution in [3.05, 3.63) is 89.0 Å². The number of carbonyl (C=O) groups is 1. The summed E-state index contributed by atoms with van der Waals surface area (Å²) in [7, 11) is 0. The van der Waals surface area contributed by atoms with Gasteiger partial charge in [0.1, 0.15) is 22.9 Å². The Bertz CT molecular complexity index is 1060. The van der Waals surface area contributed by atoms with Gasteiger partial charge >= 0.3 is 0 Å². The Morgan fingerprint density at radius 3 is 2.09 bits per heavy atom. The molecule has 0 N–H and O–H groups in total. The number of amides is 1. The number of para-hydroxylation sites is 3. The van der Waals surface area contributed by atoms with Crippen LogP contribution < -0.4 is 14.4 Å². The molecule has 164 valence electrons. The third kappa shape index (κ3) is 5.15. The zero-order valence-corrected chi connectivity index (χ0v) is 17.4. The number of anilines is 1. The molecule has 8 heteroatoms. The summed E-state index contributed by atoms with van der Waals surface area (Å²) in [6.07, 6.45) is 0. The van der Waals surface area contributed by atoms with Crippen LogP contribution in [0.25, 0.3) is 0 Å². The summed E-state index contributed by atoms with van der Waals surface area (Å²) >= 11 is 0. The number of rotatable bonds is 7. The van der Waals surface area contributed by atoms with Crippen LogP contribution in [0.3, 0.4) is 0 Å². The molecule has 3 aromatic rings. The molecule has 0 unspecified atom stereocenters. The van der Waals surface area contributed by atoms with Crippen LogP contribution in [0.2, 0.25) is 0 Å². The molecule has 0 aromatic heterocycles. The van der Waals surface area contributed by atoms with Crippen LogP contribution in [-0.2, 0) is 4.79 Å².